The summed E-state index contributed by atoms with van der Waals surface area (Å²) in [7, 11) is 1.78. The number of fused-ring (bicyclic) bond motifs is 1. The number of nitrogens with zero attached hydrogens (tertiary/aromatic N) is 3. The molecule has 0 radical (unpaired) electrons. The van der Waals surface area contributed by atoms with E-state index >= 15 is 0 Å². The first-order chi connectivity index (χ1) is 11.1. The predicted molar refractivity (Wildman–Crippen MR) is 81.7 cm³/mol. The number of carbonyl (C=O) groups is 2. The Hall–Kier alpha value is -2.75. The summed E-state index contributed by atoms with van der Waals surface area (Å²) >= 11 is 0. The maximum absolute atomic E-state index is 12.3. The van der Waals surface area contributed by atoms with Crippen molar-refractivity contribution in [3.8, 4) is 11.8 Å². The summed E-state index contributed by atoms with van der Waals surface area (Å²) in [6.45, 7) is 0.977. The summed E-state index contributed by atoms with van der Waals surface area (Å²) in [4.78, 5) is 27.4. The van der Waals surface area contributed by atoms with Crippen LogP contribution >= 0.6 is 0 Å². The summed E-state index contributed by atoms with van der Waals surface area (Å²) in [5.74, 6) is 0.270. The highest BCUT2D eigenvalue weighted by atomic mass is 16.5. The lowest BCUT2D eigenvalue weighted by Crippen LogP contribution is -2.53. The molecule has 0 spiro atoms. The fraction of sp³-hybridized carbons (Fsp3) is 0.438. The van der Waals surface area contributed by atoms with Gasteiger partial charge in [-0.3, -0.25) is 4.79 Å². The number of amides is 3. The molecule has 0 aromatic heterocycles. The van der Waals surface area contributed by atoms with Gasteiger partial charge in [-0.25, -0.2) is 4.79 Å². The van der Waals surface area contributed by atoms with E-state index < -0.39 is 0 Å². The molecule has 0 aliphatic carbocycles. The lowest BCUT2D eigenvalue weighted by Gasteiger charge is -2.35. The van der Waals surface area contributed by atoms with Crippen LogP contribution in [0.3, 0.4) is 0 Å². The average molecular weight is 314 g/mol. The van der Waals surface area contributed by atoms with Gasteiger partial charge in [-0.2, -0.15) is 5.26 Å². The highest BCUT2D eigenvalue weighted by Crippen LogP contribution is 2.22. The van der Waals surface area contributed by atoms with E-state index in [1.165, 1.54) is 0 Å². The molecule has 2 fully saturated rings. The molecule has 2 aliphatic heterocycles. The van der Waals surface area contributed by atoms with Crippen molar-refractivity contribution in [2.75, 3.05) is 26.7 Å². The van der Waals surface area contributed by atoms with Crippen molar-refractivity contribution in [3.63, 3.8) is 0 Å². The lowest BCUT2D eigenvalue weighted by molar-refractivity contribution is -0.135. The van der Waals surface area contributed by atoms with Crippen LogP contribution in [0.4, 0.5) is 4.79 Å². The van der Waals surface area contributed by atoms with Gasteiger partial charge in [-0.05, 0) is 18.6 Å². The number of rotatable bonds is 3. The van der Waals surface area contributed by atoms with E-state index in [4.69, 9.17) is 10.00 Å². The number of nitrogens with one attached hydrogen (secondary N) is 1. The van der Waals surface area contributed by atoms with Crippen LogP contribution in [-0.2, 0) is 4.79 Å². The Balaban J connectivity index is 1.58. The molecule has 2 heterocycles. The molecule has 3 rings (SSSR count). The second-order valence-corrected chi connectivity index (χ2v) is 5.76. The number of hydrogen-bond acceptors (Lipinski definition) is 4. The van der Waals surface area contributed by atoms with Crippen molar-refractivity contribution < 1.29 is 14.3 Å². The maximum Gasteiger partial charge on any atom is 0.317 e. The van der Waals surface area contributed by atoms with E-state index in [-0.39, 0.29) is 30.6 Å². The summed E-state index contributed by atoms with van der Waals surface area (Å²) in [5.41, 5.74) is 0.406. The quantitative estimate of drug-likeness (QED) is 0.883. The number of ether oxygens (including phenoxy) is 1. The molecule has 0 bridgehead atoms. The first kappa shape index (κ1) is 15.2. The molecule has 7 heteroatoms. The SMILES string of the molecule is CN1C(=O)N[C@@H]2CN(C(=O)COc3ccccc3C#N)CC[C@@H]21. The zero-order chi connectivity index (χ0) is 16.4. The second-order valence-electron chi connectivity index (χ2n) is 5.76. The summed E-state index contributed by atoms with van der Waals surface area (Å²) in [5, 5.41) is 11.9. The fourth-order valence-corrected chi connectivity index (χ4v) is 3.10. The zero-order valence-electron chi connectivity index (χ0n) is 12.9. The summed E-state index contributed by atoms with van der Waals surface area (Å²) in [6, 6.07) is 8.89. The van der Waals surface area contributed by atoms with Crippen LogP contribution in [0, 0.1) is 11.3 Å². The number of hydrogen-bond donors (Lipinski definition) is 1. The molecule has 2 atom stereocenters. The lowest BCUT2D eigenvalue weighted by atomic mass is 10.0. The van der Waals surface area contributed by atoms with Gasteiger partial charge in [0.1, 0.15) is 11.8 Å². The Labute approximate surface area is 134 Å². The Morgan fingerprint density at radius 1 is 1.48 bits per heavy atom. The molecule has 0 unspecified atom stereocenters. The number of urea groups is 1. The number of carbonyl (C=O) groups excluding carboxylic acids is 2. The third kappa shape index (κ3) is 2.93. The molecule has 7 nitrogen and oxygen atoms in total. The number of nitriles is 1. The van der Waals surface area contributed by atoms with E-state index in [1.54, 1.807) is 41.1 Å². The van der Waals surface area contributed by atoms with E-state index in [9.17, 15) is 9.59 Å². The van der Waals surface area contributed by atoms with Crippen LogP contribution < -0.4 is 10.1 Å². The predicted octanol–water partition coefficient (Wildman–Crippen LogP) is 0.562. The fourth-order valence-electron chi connectivity index (χ4n) is 3.10. The van der Waals surface area contributed by atoms with Gasteiger partial charge >= 0.3 is 6.03 Å². The molecule has 0 saturated carbocycles. The van der Waals surface area contributed by atoms with Crippen LogP contribution in [0.25, 0.3) is 0 Å². The largest absolute Gasteiger partial charge is 0.482 e. The Morgan fingerprint density at radius 3 is 3.04 bits per heavy atom. The van der Waals surface area contributed by atoms with Gasteiger partial charge in [-0.1, -0.05) is 12.1 Å². The van der Waals surface area contributed by atoms with Crippen molar-refractivity contribution in [1.29, 1.82) is 5.26 Å². The third-order valence-electron chi connectivity index (χ3n) is 4.41. The molecular weight excluding hydrogens is 296 g/mol. The van der Waals surface area contributed by atoms with E-state index in [2.05, 4.69) is 5.32 Å². The van der Waals surface area contributed by atoms with Gasteiger partial charge in [0, 0.05) is 20.1 Å². The average Bonchev–Trinajstić information content (AvgIpc) is 2.86. The van der Waals surface area contributed by atoms with Crippen LogP contribution in [-0.4, -0.2) is 60.6 Å². The van der Waals surface area contributed by atoms with Crippen LogP contribution in [0.5, 0.6) is 5.75 Å². The van der Waals surface area contributed by atoms with Crippen molar-refractivity contribution in [1.82, 2.24) is 15.1 Å². The Morgan fingerprint density at radius 2 is 2.26 bits per heavy atom. The number of para-hydroxylation sites is 1. The Kier molecular flexibility index (Phi) is 4.06. The van der Waals surface area contributed by atoms with E-state index in [0.29, 0.717) is 24.4 Å². The summed E-state index contributed by atoms with van der Waals surface area (Å²) in [6.07, 6.45) is 0.750. The van der Waals surface area contributed by atoms with Gasteiger partial charge in [-0.15, -0.1) is 0 Å². The van der Waals surface area contributed by atoms with Crippen molar-refractivity contribution in [2.24, 2.45) is 0 Å². The smallest absolute Gasteiger partial charge is 0.317 e. The molecule has 1 N–H and O–H groups in total. The molecule has 1 aromatic rings. The Bertz CT molecular complexity index is 670. The minimum absolute atomic E-state index is 0.0309. The molecular formula is C16H18N4O3. The maximum atomic E-state index is 12.3. The van der Waals surface area contributed by atoms with Gasteiger partial charge < -0.3 is 19.9 Å². The van der Waals surface area contributed by atoms with Gasteiger partial charge in [0.05, 0.1) is 17.6 Å². The highest BCUT2D eigenvalue weighted by Gasteiger charge is 2.41. The van der Waals surface area contributed by atoms with Crippen LogP contribution in [0.1, 0.15) is 12.0 Å². The molecule has 2 aliphatic rings. The van der Waals surface area contributed by atoms with Gasteiger partial charge in [0.25, 0.3) is 5.91 Å². The number of likely N-dealkylation sites (tertiary alicyclic amines) is 1. The van der Waals surface area contributed by atoms with E-state index in [0.717, 1.165) is 6.42 Å². The first-order valence-corrected chi connectivity index (χ1v) is 7.53. The number of benzene rings is 1. The minimum atomic E-state index is -0.139. The third-order valence-corrected chi connectivity index (χ3v) is 4.41. The van der Waals surface area contributed by atoms with Crippen molar-refractivity contribution in [3.05, 3.63) is 29.8 Å². The second kappa shape index (κ2) is 6.16. The number of likely N-dealkylation sites (N-methyl/N-ethyl adjacent to an activating group) is 1. The van der Waals surface area contributed by atoms with Gasteiger partial charge in [0.15, 0.2) is 6.61 Å². The zero-order valence-corrected chi connectivity index (χ0v) is 12.9. The topological polar surface area (TPSA) is 85.7 Å². The highest BCUT2D eigenvalue weighted by molar-refractivity contribution is 5.80. The first-order valence-electron chi connectivity index (χ1n) is 7.53. The standard InChI is InChI=1S/C16H18N4O3/c1-19-13-6-7-20(9-12(13)18-16(19)22)15(21)10-23-14-5-3-2-4-11(14)8-17/h2-5,12-13H,6-7,9-10H2,1H3,(H,18,22)/t12-,13+/m1/s1. The van der Waals surface area contributed by atoms with Crippen molar-refractivity contribution >= 4 is 11.9 Å². The molecule has 120 valence electrons. The molecule has 3 amide bonds. The van der Waals surface area contributed by atoms with E-state index in [1.807, 2.05) is 6.07 Å². The van der Waals surface area contributed by atoms with Crippen LogP contribution in [0.15, 0.2) is 24.3 Å². The monoisotopic (exact) mass is 314 g/mol. The minimum Gasteiger partial charge on any atom is -0.482 e. The molecule has 2 saturated heterocycles. The van der Waals surface area contributed by atoms with Crippen LogP contribution in [0.2, 0.25) is 0 Å². The summed E-state index contributed by atoms with van der Waals surface area (Å²) < 4.78 is 5.49. The van der Waals surface area contributed by atoms with Crippen molar-refractivity contribution in [2.45, 2.75) is 18.5 Å². The molecule has 23 heavy (non-hydrogen) atoms. The molecule has 1 aromatic carbocycles. The number of piperidine rings is 1. The van der Waals surface area contributed by atoms with Gasteiger partial charge in [0.2, 0.25) is 0 Å². The normalized spacial score (nSPS) is 23.0.